The first-order valence-corrected chi connectivity index (χ1v) is 5.82. The summed E-state index contributed by atoms with van der Waals surface area (Å²) in [6, 6.07) is 6.16. The molecule has 0 amide bonds. The Kier molecular flexibility index (Phi) is 5.39. The van der Waals surface area contributed by atoms with Crippen LogP contribution in [-0.4, -0.2) is 19.1 Å². The van der Waals surface area contributed by atoms with Gasteiger partial charge in [0.05, 0.1) is 0 Å². The maximum atomic E-state index is 12.1. The molecule has 0 saturated heterocycles. The largest absolute Gasteiger partial charge is 0.446 e. The van der Waals surface area contributed by atoms with Gasteiger partial charge in [0.2, 0.25) is 0 Å². The highest BCUT2D eigenvalue weighted by atomic mass is 32.2. The number of nitrogens with one attached hydrogen (secondary N) is 1. The van der Waals surface area contributed by atoms with Crippen LogP contribution in [-0.2, 0) is 0 Å². The van der Waals surface area contributed by atoms with Gasteiger partial charge in [0.15, 0.2) is 0 Å². The van der Waals surface area contributed by atoms with Gasteiger partial charge < -0.3 is 5.32 Å². The highest BCUT2D eigenvalue weighted by Gasteiger charge is 2.29. The fourth-order valence-corrected chi connectivity index (χ4v) is 1.72. The van der Waals surface area contributed by atoms with E-state index in [4.69, 9.17) is 0 Å². The highest BCUT2D eigenvalue weighted by Crippen LogP contribution is 2.36. The molecule has 0 heterocycles. The molecule has 92 valence electrons. The molecular weight excluding hydrogens is 247 g/mol. The molecule has 1 N–H and O–H groups in total. The summed E-state index contributed by atoms with van der Waals surface area (Å²) in [5, 5.41) is 2.94. The molecule has 0 saturated carbocycles. The van der Waals surface area contributed by atoms with Crippen LogP contribution in [0.1, 0.15) is 12.0 Å². The van der Waals surface area contributed by atoms with E-state index in [0.717, 1.165) is 6.54 Å². The molecule has 0 aliphatic heterocycles. The lowest BCUT2D eigenvalue weighted by Crippen LogP contribution is -2.05. The van der Waals surface area contributed by atoms with E-state index in [0.29, 0.717) is 12.0 Å². The number of alkyl halides is 3. The molecule has 0 aliphatic rings. The molecule has 0 unspecified atom stereocenters. The quantitative estimate of drug-likeness (QED) is 0.508. The topological polar surface area (TPSA) is 12.0 Å². The molecule has 0 atom stereocenters. The summed E-state index contributed by atoms with van der Waals surface area (Å²) in [7, 11) is 1.82. The number of hydrogen-bond donors (Lipinski definition) is 1. The van der Waals surface area contributed by atoms with Crippen LogP contribution >= 0.6 is 11.8 Å². The molecule has 1 aromatic rings. The van der Waals surface area contributed by atoms with Crippen LogP contribution in [0, 0.1) is 11.8 Å². The van der Waals surface area contributed by atoms with Gasteiger partial charge in [-0.15, -0.1) is 0 Å². The van der Waals surface area contributed by atoms with Crippen LogP contribution < -0.4 is 5.32 Å². The maximum Gasteiger partial charge on any atom is 0.446 e. The standard InChI is InChI=1S/C12H12F3NS/c1-16-8-3-2-5-10-6-4-7-11(9-10)17-12(13,14)15/h4,6-7,9,16H,3,8H2,1H3. The zero-order chi connectivity index (χ0) is 12.7. The smallest absolute Gasteiger partial charge is 0.319 e. The molecule has 1 nitrogen and oxygen atoms in total. The Morgan fingerprint density at radius 3 is 2.76 bits per heavy atom. The van der Waals surface area contributed by atoms with Crippen molar-refractivity contribution in [2.45, 2.75) is 16.8 Å². The average Bonchev–Trinajstić information content (AvgIpc) is 2.23. The van der Waals surface area contributed by atoms with Gasteiger partial charge >= 0.3 is 5.51 Å². The molecule has 17 heavy (non-hydrogen) atoms. The second-order valence-corrected chi connectivity index (χ2v) is 4.37. The van der Waals surface area contributed by atoms with Crippen molar-refractivity contribution >= 4 is 11.8 Å². The first kappa shape index (κ1) is 13.9. The maximum absolute atomic E-state index is 12.1. The van der Waals surface area contributed by atoms with E-state index in [1.54, 1.807) is 12.1 Å². The minimum atomic E-state index is -4.25. The average molecular weight is 259 g/mol. The van der Waals surface area contributed by atoms with Gasteiger partial charge in [-0.05, 0) is 37.0 Å². The summed E-state index contributed by atoms with van der Waals surface area (Å²) in [5.74, 6) is 5.72. The predicted octanol–water partition coefficient (Wildman–Crippen LogP) is 3.26. The predicted molar refractivity (Wildman–Crippen MR) is 63.8 cm³/mol. The zero-order valence-corrected chi connectivity index (χ0v) is 10.1. The zero-order valence-electron chi connectivity index (χ0n) is 9.27. The summed E-state index contributed by atoms with van der Waals surface area (Å²) in [6.45, 7) is 0.768. The van der Waals surface area contributed by atoms with Crippen LogP contribution in [0.2, 0.25) is 0 Å². The minimum absolute atomic E-state index is 0.121. The van der Waals surface area contributed by atoms with Gasteiger partial charge in [-0.1, -0.05) is 17.9 Å². The Morgan fingerprint density at radius 2 is 2.12 bits per heavy atom. The number of hydrogen-bond acceptors (Lipinski definition) is 2. The van der Waals surface area contributed by atoms with Crippen LogP contribution in [0.25, 0.3) is 0 Å². The van der Waals surface area contributed by atoms with Crippen LogP contribution in [0.3, 0.4) is 0 Å². The van der Waals surface area contributed by atoms with E-state index in [2.05, 4.69) is 17.2 Å². The van der Waals surface area contributed by atoms with Gasteiger partial charge in [-0.25, -0.2) is 0 Å². The van der Waals surface area contributed by atoms with E-state index in [9.17, 15) is 13.2 Å². The van der Waals surface area contributed by atoms with Gasteiger partial charge in [0.1, 0.15) is 0 Å². The Labute approximate surface area is 103 Å². The molecule has 1 rings (SSSR count). The van der Waals surface area contributed by atoms with E-state index in [-0.39, 0.29) is 16.7 Å². The van der Waals surface area contributed by atoms with E-state index in [1.807, 2.05) is 7.05 Å². The van der Waals surface area contributed by atoms with Crippen molar-refractivity contribution in [3.63, 3.8) is 0 Å². The van der Waals surface area contributed by atoms with E-state index in [1.165, 1.54) is 12.1 Å². The summed E-state index contributed by atoms with van der Waals surface area (Å²) in [5.41, 5.74) is -3.64. The molecule has 0 spiro atoms. The van der Waals surface area contributed by atoms with Crippen molar-refractivity contribution in [3.8, 4) is 11.8 Å². The van der Waals surface area contributed by atoms with Crippen molar-refractivity contribution in [1.29, 1.82) is 0 Å². The first-order valence-electron chi connectivity index (χ1n) is 5.00. The number of benzene rings is 1. The first-order chi connectivity index (χ1) is 8.01. The molecule has 1 aromatic carbocycles. The molecule has 5 heteroatoms. The van der Waals surface area contributed by atoms with Crippen LogP contribution in [0.5, 0.6) is 0 Å². The van der Waals surface area contributed by atoms with Crippen molar-refractivity contribution in [1.82, 2.24) is 5.32 Å². The van der Waals surface area contributed by atoms with Crippen LogP contribution in [0.15, 0.2) is 29.2 Å². The molecule has 0 aromatic heterocycles. The van der Waals surface area contributed by atoms with Crippen molar-refractivity contribution in [3.05, 3.63) is 29.8 Å². The third-order valence-corrected chi connectivity index (χ3v) is 2.52. The number of thioether (sulfide) groups is 1. The fraction of sp³-hybridized carbons (Fsp3) is 0.333. The van der Waals surface area contributed by atoms with Gasteiger partial charge in [0, 0.05) is 23.4 Å². The summed E-state index contributed by atoms with van der Waals surface area (Å²) in [6.07, 6.45) is 0.674. The summed E-state index contributed by atoms with van der Waals surface area (Å²) in [4.78, 5) is 0.165. The van der Waals surface area contributed by atoms with Crippen molar-refractivity contribution < 1.29 is 13.2 Å². The van der Waals surface area contributed by atoms with Crippen LogP contribution in [0.4, 0.5) is 13.2 Å². The normalized spacial score (nSPS) is 10.8. The SMILES string of the molecule is CNCCC#Cc1cccc(SC(F)(F)F)c1. The minimum Gasteiger partial charge on any atom is -0.319 e. The number of halogens is 3. The Morgan fingerprint density at radius 1 is 1.35 bits per heavy atom. The highest BCUT2D eigenvalue weighted by molar-refractivity contribution is 8.00. The molecule has 0 radical (unpaired) electrons. The molecule has 0 bridgehead atoms. The summed E-state index contributed by atoms with van der Waals surface area (Å²) < 4.78 is 36.4. The second kappa shape index (κ2) is 6.58. The molecular formula is C12H12F3NS. The lowest BCUT2D eigenvalue weighted by atomic mass is 10.2. The second-order valence-electron chi connectivity index (χ2n) is 3.23. The third-order valence-electron chi connectivity index (χ3n) is 1.80. The summed E-state index contributed by atoms with van der Waals surface area (Å²) >= 11 is -0.121. The third kappa shape index (κ3) is 6.25. The van der Waals surface area contributed by atoms with Crippen molar-refractivity contribution in [2.75, 3.05) is 13.6 Å². The van der Waals surface area contributed by atoms with Crippen molar-refractivity contribution in [2.24, 2.45) is 0 Å². The molecule has 0 aliphatic carbocycles. The van der Waals surface area contributed by atoms with E-state index >= 15 is 0 Å². The van der Waals surface area contributed by atoms with Gasteiger partial charge in [-0.2, -0.15) is 13.2 Å². The van der Waals surface area contributed by atoms with E-state index < -0.39 is 5.51 Å². The van der Waals surface area contributed by atoms with Gasteiger partial charge in [-0.3, -0.25) is 0 Å². The number of rotatable bonds is 3. The van der Waals surface area contributed by atoms with Gasteiger partial charge in [0.25, 0.3) is 0 Å². The molecule has 0 fully saturated rings. The monoisotopic (exact) mass is 259 g/mol. The Balaban J connectivity index is 2.68. The fourth-order valence-electron chi connectivity index (χ4n) is 1.12. The Hall–Kier alpha value is -1.12. The lowest BCUT2D eigenvalue weighted by Gasteiger charge is -2.05. The lowest BCUT2D eigenvalue weighted by molar-refractivity contribution is -0.0328. The Bertz CT molecular complexity index is 418.